The van der Waals surface area contributed by atoms with Gasteiger partial charge in [-0.25, -0.2) is 4.79 Å². The van der Waals surface area contributed by atoms with Crippen molar-refractivity contribution in [1.82, 2.24) is 0 Å². The monoisotopic (exact) mass is 313 g/mol. The lowest BCUT2D eigenvalue weighted by Gasteiger charge is -2.13. The van der Waals surface area contributed by atoms with E-state index >= 15 is 0 Å². The smallest absolute Gasteiger partial charge is 0.338 e. The molecule has 0 saturated heterocycles. The molecule has 0 aliphatic carbocycles. The van der Waals surface area contributed by atoms with Crippen molar-refractivity contribution < 1.29 is 19.4 Å². The summed E-state index contributed by atoms with van der Waals surface area (Å²) in [6, 6.07) is 5.52. The van der Waals surface area contributed by atoms with Gasteiger partial charge in [0.15, 0.2) is 0 Å². The fraction of sp³-hybridized carbons (Fsp3) is 0.533. The molecular formula is C15H23NO4S. The van der Waals surface area contributed by atoms with Gasteiger partial charge in [0.25, 0.3) is 0 Å². The Morgan fingerprint density at radius 3 is 2.81 bits per heavy atom. The third kappa shape index (κ3) is 6.37. The Morgan fingerprint density at radius 1 is 1.33 bits per heavy atom. The maximum Gasteiger partial charge on any atom is 0.338 e. The van der Waals surface area contributed by atoms with Crippen molar-refractivity contribution in [1.29, 1.82) is 0 Å². The zero-order chi connectivity index (χ0) is 15.5. The first kappa shape index (κ1) is 17.8. The van der Waals surface area contributed by atoms with E-state index in [1.54, 1.807) is 13.2 Å². The SMILES string of the molecule is CCSc1cccc(NCCCOCCOC)c1C(=O)O. The van der Waals surface area contributed by atoms with E-state index in [-0.39, 0.29) is 0 Å². The number of hydrogen-bond acceptors (Lipinski definition) is 5. The molecule has 0 spiro atoms. The van der Waals surface area contributed by atoms with Crippen molar-refractivity contribution in [3.63, 3.8) is 0 Å². The van der Waals surface area contributed by atoms with Gasteiger partial charge in [0.05, 0.1) is 18.8 Å². The Bertz CT molecular complexity index is 440. The van der Waals surface area contributed by atoms with Crippen LogP contribution < -0.4 is 5.32 Å². The van der Waals surface area contributed by atoms with Gasteiger partial charge in [-0.05, 0) is 24.3 Å². The normalized spacial score (nSPS) is 10.6. The van der Waals surface area contributed by atoms with Crippen LogP contribution in [0.4, 0.5) is 5.69 Å². The lowest BCUT2D eigenvalue weighted by molar-refractivity contribution is 0.0693. The number of carboxylic acid groups (broad SMARTS) is 1. The average Bonchev–Trinajstić information content (AvgIpc) is 2.46. The summed E-state index contributed by atoms with van der Waals surface area (Å²) < 4.78 is 10.3. The molecule has 2 N–H and O–H groups in total. The van der Waals surface area contributed by atoms with E-state index in [1.807, 2.05) is 19.1 Å². The Labute approximate surface area is 130 Å². The van der Waals surface area contributed by atoms with Crippen LogP contribution >= 0.6 is 11.8 Å². The van der Waals surface area contributed by atoms with Crippen molar-refractivity contribution in [2.24, 2.45) is 0 Å². The van der Waals surface area contributed by atoms with E-state index in [0.717, 1.165) is 17.1 Å². The van der Waals surface area contributed by atoms with Gasteiger partial charge in [-0.3, -0.25) is 0 Å². The zero-order valence-corrected chi connectivity index (χ0v) is 13.4. The minimum Gasteiger partial charge on any atom is -0.478 e. The maximum atomic E-state index is 11.4. The molecular weight excluding hydrogens is 290 g/mol. The van der Waals surface area contributed by atoms with Gasteiger partial charge in [0.2, 0.25) is 0 Å². The van der Waals surface area contributed by atoms with Crippen LogP contribution in [-0.4, -0.2) is 50.3 Å². The zero-order valence-electron chi connectivity index (χ0n) is 12.6. The predicted molar refractivity (Wildman–Crippen MR) is 85.6 cm³/mol. The minimum atomic E-state index is -0.898. The number of nitrogens with one attached hydrogen (secondary N) is 1. The Morgan fingerprint density at radius 2 is 2.14 bits per heavy atom. The van der Waals surface area contributed by atoms with Gasteiger partial charge in [-0.2, -0.15) is 0 Å². The highest BCUT2D eigenvalue weighted by molar-refractivity contribution is 7.99. The number of carbonyl (C=O) groups is 1. The molecule has 0 saturated carbocycles. The molecule has 21 heavy (non-hydrogen) atoms. The summed E-state index contributed by atoms with van der Waals surface area (Å²) in [5.41, 5.74) is 1.02. The molecule has 0 atom stereocenters. The van der Waals surface area contributed by atoms with Gasteiger partial charge >= 0.3 is 5.97 Å². The van der Waals surface area contributed by atoms with Gasteiger partial charge < -0.3 is 19.9 Å². The molecule has 0 aliphatic heterocycles. The van der Waals surface area contributed by atoms with E-state index in [9.17, 15) is 9.90 Å². The molecule has 0 radical (unpaired) electrons. The molecule has 0 unspecified atom stereocenters. The molecule has 0 heterocycles. The summed E-state index contributed by atoms with van der Waals surface area (Å²) in [5.74, 6) is -0.0535. The number of thioether (sulfide) groups is 1. The van der Waals surface area contributed by atoms with Crippen LogP contribution in [0, 0.1) is 0 Å². The molecule has 5 nitrogen and oxygen atoms in total. The predicted octanol–water partition coefficient (Wildman–Crippen LogP) is 2.96. The number of rotatable bonds is 11. The van der Waals surface area contributed by atoms with E-state index in [2.05, 4.69) is 5.32 Å². The average molecular weight is 313 g/mol. The molecule has 0 aromatic heterocycles. The minimum absolute atomic E-state index is 0.352. The van der Waals surface area contributed by atoms with E-state index in [0.29, 0.717) is 37.6 Å². The molecule has 1 aromatic carbocycles. The first-order chi connectivity index (χ1) is 10.2. The van der Waals surface area contributed by atoms with Crippen LogP contribution in [0.1, 0.15) is 23.7 Å². The summed E-state index contributed by atoms with van der Waals surface area (Å²) in [6.45, 7) is 4.48. The number of benzene rings is 1. The van der Waals surface area contributed by atoms with E-state index < -0.39 is 5.97 Å². The maximum absolute atomic E-state index is 11.4. The summed E-state index contributed by atoms with van der Waals surface area (Å²) >= 11 is 1.54. The lowest BCUT2D eigenvalue weighted by Crippen LogP contribution is -2.11. The number of hydrogen-bond donors (Lipinski definition) is 2. The van der Waals surface area contributed by atoms with Gasteiger partial charge in [-0.1, -0.05) is 13.0 Å². The number of anilines is 1. The highest BCUT2D eigenvalue weighted by Gasteiger charge is 2.15. The first-order valence-corrected chi connectivity index (χ1v) is 7.99. The van der Waals surface area contributed by atoms with Crippen molar-refractivity contribution in [3.8, 4) is 0 Å². The quantitative estimate of drug-likeness (QED) is 0.483. The summed E-state index contributed by atoms with van der Waals surface area (Å²) in [7, 11) is 1.64. The molecule has 1 rings (SSSR count). The summed E-state index contributed by atoms with van der Waals surface area (Å²) in [5, 5.41) is 12.6. The second-order valence-electron chi connectivity index (χ2n) is 4.30. The highest BCUT2D eigenvalue weighted by atomic mass is 32.2. The Hall–Kier alpha value is -1.24. The second kappa shape index (κ2) is 10.5. The molecule has 0 bridgehead atoms. The topological polar surface area (TPSA) is 67.8 Å². The third-order valence-corrected chi connectivity index (χ3v) is 3.69. The van der Waals surface area contributed by atoms with E-state index in [1.165, 1.54) is 11.8 Å². The van der Waals surface area contributed by atoms with Crippen LogP contribution in [0.2, 0.25) is 0 Å². The largest absolute Gasteiger partial charge is 0.478 e. The first-order valence-electron chi connectivity index (χ1n) is 7.00. The second-order valence-corrected chi connectivity index (χ2v) is 5.61. The van der Waals surface area contributed by atoms with Gasteiger partial charge in [-0.15, -0.1) is 11.8 Å². The molecule has 1 aromatic rings. The van der Waals surface area contributed by atoms with Crippen LogP contribution in [0.15, 0.2) is 23.1 Å². The highest BCUT2D eigenvalue weighted by Crippen LogP contribution is 2.28. The molecule has 118 valence electrons. The standard InChI is InChI=1S/C15H23NO4S/c1-3-21-13-7-4-6-12(14(13)15(17)18)16-8-5-9-20-11-10-19-2/h4,6-7,16H,3,5,8-11H2,1-2H3,(H,17,18). The van der Waals surface area contributed by atoms with Crippen LogP contribution in [-0.2, 0) is 9.47 Å². The van der Waals surface area contributed by atoms with Crippen molar-refractivity contribution in [2.45, 2.75) is 18.2 Å². The number of aromatic carboxylic acids is 1. The number of carboxylic acids is 1. The summed E-state index contributed by atoms with van der Waals surface area (Å²) in [6.07, 6.45) is 0.813. The molecule has 0 amide bonds. The molecule has 0 fully saturated rings. The molecule has 0 aliphatic rings. The number of methoxy groups -OCH3 is 1. The molecule has 6 heteroatoms. The van der Waals surface area contributed by atoms with E-state index in [4.69, 9.17) is 9.47 Å². The Kier molecular flexibility index (Phi) is 8.89. The van der Waals surface area contributed by atoms with Gasteiger partial charge in [0.1, 0.15) is 0 Å². The van der Waals surface area contributed by atoms with Crippen LogP contribution in [0.25, 0.3) is 0 Å². The van der Waals surface area contributed by atoms with Crippen molar-refractivity contribution in [3.05, 3.63) is 23.8 Å². The number of ether oxygens (including phenoxy) is 2. The fourth-order valence-electron chi connectivity index (χ4n) is 1.82. The van der Waals surface area contributed by atoms with Crippen molar-refractivity contribution in [2.75, 3.05) is 44.5 Å². The summed E-state index contributed by atoms with van der Waals surface area (Å²) in [4.78, 5) is 12.2. The fourth-order valence-corrected chi connectivity index (χ4v) is 2.64. The third-order valence-electron chi connectivity index (χ3n) is 2.75. The Balaban J connectivity index is 2.50. The lowest BCUT2D eigenvalue weighted by atomic mass is 10.1. The van der Waals surface area contributed by atoms with Gasteiger partial charge in [0, 0.05) is 30.8 Å². The van der Waals surface area contributed by atoms with Crippen molar-refractivity contribution >= 4 is 23.4 Å². The van der Waals surface area contributed by atoms with Crippen LogP contribution in [0.3, 0.4) is 0 Å². The van der Waals surface area contributed by atoms with Crippen LogP contribution in [0.5, 0.6) is 0 Å².